The van der Waals surface area contributed by atoms with Gasteiger partial charge in [0.2, 0.25) is 10.0 Å². The van der Waals surface area contributed by atoms with Gasteiger partial charge in [-0.2, -0.15) is 0 Å². The van der Waals surface area contributed by atoms with Crippen molar-refractivity contribution in [3.8, 4) is 0 Å². The van der Waals surface area contributed by atoms with Crippen LogP contribution in [0.25, 0.3) is 11.0 Å². The molecular formula is C20H23N5O5S. The van der Waals surface area contributed by atoms with Gasteiger partial charge in [-0.15, -0.1) is 0 Å². The first-order chi connectivity index (χ1) is 14.8. The number of hydrogen-bond acceptors (Lipinski definition) is 6. The third-order valence-corrected chi connectivity index (χ3v) is 7.10. The molecule has 2 aromatic carbocycles. The molecule has 3 aromatic rings. The van der Waals surface area contributed by atoms with E-state index in [1.165, 1.54) is 24.3 Å². The van der Waals surface area contributed by atoms with Crippen LogP contribution in [0.3, 0.4) is 0 Å². The van der Waals surface area contributed by atoms with Crippen molar-refractivity contribution in [2.45, 2.75) is 23.8 Å². The molecule has 0 aliphatic carbocycles. The van der Waals surface area contributed by atoms with Gasteiger partial charge in [-0.1, -0.05) is 12.1 Å². The summed E-state index contributed by atoms with van der Waals surface area (Å²) in [6.45, 7) is 2.30. The van der Waals surface area contributed by atoms with E-state index in [2.05, 4.69) is 14.6 Å². The van der Waals surface area contributed by atoms with Crippen LogP contribution in [0.5, 0.6) is 0 Å². The molecule has 11 heteroatoms. The first-order valence-electron chi connectivity index (χ1n) is 10.0. The summed E-state index contributed by atoms with van der Waals surface area (Å²) >= 11 is 0. The number of nitro groups is 1. The Labute approximate surface area is 178 Å². The number of H-pyrrole nitrogens is 1. The smallest absolute Gasteiger partial charge is 0.306 e. The summed E-state index contributed by atoms with van der Waals surface area (Å²) in [5.74, 6) is 0. The predicted molar refractivity (Wildman–Crippen MR) is 116 cm³/mol. The molecule has 1 aromatic heterocycles. The van der Waals surface area contributed by atoms with Gasteiger partial charge in [-0.05, 0) is 37.1 Å². The molecular weight excluding hydrogens is 422 g/mol. The normalized spacial score (nSPS) is 16.0. The summed E-state index contributed by atoms with van der Waals surface area (Å²) in [6.07, 6.45) is 1.60. The number of aromatic nitrogens is 2. The molecule has 4 rings (SSSR count). The van der Waals surface area contributed by atoms with Crippen LogP contribution in [0.2, 0.25) is 0 Å². The van der Waals surface area contributed by atoms with Crippen LogP contribution in [0.4, 0.5) is 5.69 Å². The van der Waals surface area contributed by atoms with Crippen molar-refractivity contribution in [1.29, 1.82) is 0 Å². The number of nitro benzene ring substituents is 1. The lowest BCUT2D eigenvalue weighted by Crippen LogP contribution is -2.41. The Balaban J connectivity index is 1.31. The van der Waals surface area contributed by atoms with Gasteiger partial charge in [-0.25, -0.2) is 17.9 Å². The Morgan fingerprint density at radius 3 is 2.45 bits per heavy atom. The molecule has 2 heterocycles. The maximum atomic E-state index is 12.4. The van der Waals surface area contributed by atoms with Crippen molar-refractivity contribution in [3.05, 3.63) is 69.1 Å². The average Bonchev–Trinajstić information content (AvgIpc) is 3.10. The zero-order valence-corrected chi connectivity index (χ0v) is 17.5. The summed E-state index contributed by atoms with van der Waals surface area (Å²) in [5.41, 5.74) is 1.48. The lowest BCUT2D eigenvalue weighted by Gasteiger charge is -2.32. The monoisotopic (exact) mass is 445 g/mol. The Bertz CT molecular complexity index is 1240. The van der Waals surface area contributed by atoms with E-state index in [0.29, 0.717) is 6.54 Å². The molecule has 1 fully saturated rings. The molecule has 0 bridgehead atoms. The van der Waals surface area contributed by atoms with Gasteiger partial charge in [-0.3, -0.25) is 14.7 Å². The fourth-order valence-electron chi connectivity index (χ4n) is 4.01. The number of benzene rings is 2. The minimum Gasteiger partial charge on any atom is -0.306 e. The molecule has 1 aliphatic rings. The molecule has 2 N–H and O–H groups in total. The number of non-ortho nitro benzene ring substituents is 1. The summed E-state index contributed by atoms with van der Waals surface area (Å²) in [6, 6.07) is 12.5. The van der Waals surface area contributed by atoms with Crippen LogP contribution in [0.15, 0.2) is 58.2 Å². The lowest BCUT2D eigenvalue weighted by molar-refractivity contribution is -0.384. The number of likely N-dealkylation sites (tertiary alicyclic amines) is 1. The van der Waals surface area contributed by atoms with Crippen molar-refractivity contribution in [1.82, 2.24) is 19.2 Å². The molecule has 1 aliphatic heterocycles. The quantitative estimate of drug-likeness (QED) is 0.422. The van der Waals surface area contributed by atoms with E-state index in [4.69, 9.17) is 0 Å². The highest BCUT2D eigenvalue weighted by atomic mass is 32.2. The number of aromatic amines is 1. The largest absolute Gasteiger partial charge is 0.326 e. The minimum atomic E-state index is -3.73. The third-order valence-electron chi connectivity index (χ3n) is 5.62. The fraction of sp³-hybridized carbons (Fsp3) is 0.350. The molecule has 0 unspecified atom stereocenters. The van der Waals surface area contributed by atoms with E-state index in [0.717, 1.165) is 37.0 Å². The van der Waals surface area contributed by atoms with E-state index in [1.54, 1.807) is 0 Å². The van der Waals surface area contributed by atoms with E-state index in [-0.39, 0.29) is 28.9 Å². The second-order valence-electron chi connectivity index (χ2n) is 7.54. The molecule has 0 saturated carbocycles. The van der Waals surface area contributed by atoms with E-state index in [9.17, 15) is 23.3 Å². The van der Waals surface area contributed by atoms with Crippen LogP contribution in [-0.4, -0.2) is 54.0 Å². The van der Waals surface area contributed by atoms with E-state index >= 15 is 0 Å². The predicted octanol–water partition coefficient (Wildman–Crippen LogP) is 1.85. The van der Waals surface area contributed by atoms with Gasteiger partial charge in [0.15, 0.2) is 0 Å². The molecule has 31 heavy (non-hydrogen) atoms. The Kier molecular flexibility index (Phi) is 5.90. The molecule has 10 nitrogen and oxygen atoms in total. The van der Waals surface area contributed by atoms with Gasteiger partial charge >= 0.3 is 5.69 Å². The number of nitrogens with one attached hydrogen (secondary N) is 2. The topological polar surface area (TPSA) is 130 Å². The lowest BCUT2D eigenvalue weighted by atomic mass is 10.0. The first-order valence-corrected chi connectivity index (χ1v) is 11.5. The molecule has 0 radical (unpaired) electrons. The Morgan fingerprint density at radius 2 is 1.77 bits per heavy atom. The van der Waals surface area contributed by atoms with Crippen LogP contribution in [0, 0.1) is 10.1 Å². The fourth-order valence-corrected chi connectivity index (χ4v) is 5.03. The SMILES string of the molecule is O=c1[nH]c2ccccc2n1C1CCN(CCNS(=O)(=O)c2ccc([N+](=O)[O-])cc2)CC1. The van der Waals surface area contributed by atoms with Gasteiger partial charge in [0.1, 0.15) is 0 Å². The summed E-state index contributed by atoms with van der Waals surface area (Å²) in [7, 11) is -3.73. The van der Waals surface area contributed by atoms with Crippen LogP contribution >= 0.6 is 0 Å². The van der Waals surface area contributed by atoms with Gasteiger partial charge in [0.25, 0.3) is 5.69 Å². The van der Waals surface area contributed by atoms with E-state index in [1.807, 2.05) is 28.8 Å². The molecule has 0 atom stereocenters. The second kappa shape index (κ2) is 8.61. The summed E-state index contributed by atoms with van der Waals surface area (Å²) < 4.78 is 29.1. The Morgan fingerprint density at radius 1 is 1.10 bits per heavy atom. The zero-order chi connectivity index (χ0) is 22.0. The first kappa shape index (κ1) is 21.2. The van der Waals surface area contributed by atoms with Crippen LogP contribution < -0.4 is 10.4 Å². The average molecular weight is 446 g/mol. The van der Waals surface area contributed by atoms with Crippen molar-refractivity contribution in [2.24, 2.45) is 0 Å². The van der Waals surface area contributed by atoms with Gasteiger partial charge < -0.3 is 9.88 Å². The zero-order valence-electron chi connectivity index (χ0n) is 16.7. The second-order valence-corrected chi connectivity index (χ2v) is 9.31. The van der Waals surface area contributed by atoms with E-state index < -0.39 is 14.9 Å². The maximum Gasteiger partial charge on any atom is 0.326 e. The molecule has 0 spiro atoms. The number of rotatable bonds is 7. The maximum absolute atomic E-state index is 12.4. The standard InChI is InChI=1S/C20H23N5O5S/c26-20-22-18-3-1-2-4-19(18)24(20)15-9-12-23(13-10-15)14-11-21-31(29,30)17-7-5-16(6-8-17)25(27)28/h1-8,15,21H,9-14H2,(H,22,26). The number of hydrogen-bond donors (Lipinski definition) is 2. The van der Waals surface area contributed by atoms with Crippen molar-refractivity contribution in [3.63, 3.8) is 0 Å². The number of fused-ring (bicyclic) bond motifs is 1. The Hall–Kier alpha value is -3.02. The number of imidazole rings is 1. The summed E-state index contributed by atoms with van der Waals surface area (Å²) in [5, 5.41) is 10.7. The molecule has 1 saturated heterocycles. The highest BCUT2D eigenvalue weighted by Crippen LogP contribution is 2.24. The number of sulfonamides is 1. The number of piperidine rings is 1. The summed E-state index contributed by atoms with van der Waals surface area (Å²) in [4.78, 5) is 27.6. The number of para-hydroxylation sites is 2. The van der Waals surface area contributed by atoms with Crippen molar-refractivity contribution >= 4 is 26.7 Å². The third kappa shape index (κ3) is 4.53. The molecule has 0 amide bonds. The highest BCUT2D eigenvalue weighted by Gasteiger charge is 2.24. The van der Waals surface area contributed by atoms with Crippen molar-refractivity contribution in [2.75, 3.05) is 26.2 Å². The highest BCUT2D eigenvalue weighted by molar-refractivity contribution is 7.89. The van der Waals surface area contributed by atoms with Gasteiger partial charge in [0.05, 0.1) is 20.9 Å². The van der Waals surface area contributed by atoms with Crippen LogP contribution in [-0.2, 0) is 10.0 Å². The van der Waals surface area contributed by atoms with Crippen LogP contribution in [0.1, 0.15) is 18.9 Å². The number of nitrogens with zero attached hydrogens (tertiary/aromatic N) is 3. The van der Waals surface area contributed by atoms with Crippen molar-refractivity contribution < 1.29 is 13.3 Å². The van der Waals surface area contributed by atoms with Gasteiger partial charge in [0, 0.05) is 44.4 Å². The minimum absolute atomic E-state index is 0.00415. The molecule has 164 valence electrons.